The minimum absolute atomic E-state index is 0.390. The number of benzene rings is 2. The van der Waals surface area contributed by atoms with Gasteiger partial charge in [0, 0.05) is 16.8 Å². The Bertz CT molecular complexity index is 934. The van der Waals surface area contributed by atoms with E-state index in [0.29, 0.717) is 23.3 Å². The summed E-state index contributed by atoms with van der Waals surface area (Å²) in [6.45, 7) is 4.66. The standard InChI is InChI=1S/C20H20N4O2S/c1-3-25-14-11-9-13(10-12-14)18-21-16-8-6-5-7-15(16)17-19(26-18)22-20(24-23-17)27-4-2/h5-12,18,21H,3-4H2,1-2H3. The molecule has 1 N–H and O–H groups in total. The van der Waals surface area contributed by atoms with Gasteiger partial charge in [-0.15, -0.1) is 10.2 Å². The predicted octanol–water partition coefficient (Wildman–Crippen LogP) is 4.55. The van der Waals surface area contributed by atoms with Gasteiger partial charge in [-0.1, -0.05) is 36.9 Å². The van der Waals surface area contributed by atoms with Crippen LogP contribution in [0.4, 0.5) is 5.69 Å². The van der Waals surface area contributed by atoms with Crippen molar-refractivity contribution < 1.29 is 9.47 Å². The molecular formula is C20H20N4O2S. The Morgan fingerprint density at radius 3 is 2.67 bits per heavy atom. The number of nitrogens with one attached hydrogen (secondary N) is 1. The number of ether oxygens (including phenoxy) is 2. The maximum Gasteiger partial charge on any atom is 0.247 e. The molecule has 6 nitrogen and oxygen atoms in total. The second kappa shape index (κ2) is 7.84. The second-order valence-corrected chi connectivity index (χ2v) is 7.10. The molecule has 0 amide bonds. The highest BCUT2D eigenvalue weighted by atomic mass is 32.2. The minimum Gasteiger partial charge on any atom is -0.494 e. The van der Waals surface area contributed by atoms with Crippen LogP contribution in [0.25, 0.3) is 11.3 Å². The first-order valence-corrected chi connectivity index (χ1v) is 9.90. The summed E-state index contributed by atoms with van der Waals surface area (Å²) >= 11 is 1.54. The summed E-state index contributed by atoms with van der Waals surface area (Å²) in [7, 11) is 0. The Balaban J connectivity index is 1.75. The van der Waals surface area contributed by atoms with E-state index in [4.69, 9.17) is 9.47 Å². The molecule has 1 atom stereocenters. The summed E-state index contributed by atoms with van der Waals surface area (Å²) in [5.74, 6) is 2.19. The van der Waals surface area contributed by atoms with Gasteiger partial charge in [0.15, 0.2) is 11.9 Å². The highest BCUT2D eigenvalue weighted by molar-refractivity contribution is 7.99. The van der Waals surface area contributed by atoms with Crippen molar-refractivity contribution in [2.45, 2.75) is 25.2 Å². The number of anilines is 1. The SMILES string of the molecule is CCOc1ccc(C2Nc3ccccc3-c3nnc(SCC)nc3O2)cc1. The van der Waals surface area contributed by atoms with Crippen molar-refractivity contribution in [2.24, 2.45) is 0 Å². The average Bonchev–Trinajstić information content (AvgIpc) is 2.85. The van der Waals surface area contributed by atoms with Gasteiger partial charge >= 0.3 is 0 Å². The van der Waals surface area contributed by atoms with Crippen LogP contribution in [-0.2, 0) is 0 Å². The summed E-state index contributed by atoms with van der Waals surface area (Å²) in [4.78, 5) is 4.59. The molecule has 1 aliphatic heterocycles. The molecule has 2 heterocycles. The van der Waals surface area contributed by atoms with Crippen LogP contribution in [-0.4, -0.2) is 27.5 Å². The maximum atomic E-state index is 6.23. The lowest BCUT2D eigenvalue weighted by atomic mass is 10.1. The molecule has 138 valence electrons. The summed E-state index contributed by atoms with van der Waals surface area (Å²) in [6, 6.07) is 15.8. The Morgan fingerprint density at radius 1 is 1.07 bits per heavy atom. The van der Waals surface area contributed by atoms with Crippen LogP contribution in [0, 0.1) is 0 Å². The monoisotopic (exact) mass is 380 g/mol. The van der Waals surface area contributed by atoms with Gasteiger partial charge in [-0.05, 0) is 43.0 Å². The predicted molar refractivity (Wildman–Crippen MR) is 106 cm³/mol. The van der Waals surface area contributed by atoms with Crippen molar-refractivity contribution >= 4 is 17.4 Å². The zero-order chi connectivity index (χ0) is 18.6. The molecule has 7 heteroatoms. The van der Waals surface area contributed by atoms with Crippen molar-refractivity contribution in [3.05, 3.63) is 54.1 Å². The maximum absolute atomic E-state index is 6.23. The fourth-order valence-corrected chi connectivity index (χ4v) is 3.40. The van der Waals surface area contributed by atoms with Crippen molar-refractivity contribution in [3.63, 3.8) is 0 Å². The number of aromatic nitrogens is 3. The van der Waals surface area contributed by atoms with Crippen molar-refractivity contribution in [2.75, 3.05) is 17.7 Å². The molecule has 1 unspecified atom stereocenters. The van der Waals surface area contributed by atoms with E-state index < -0.39 is 0 Å². The molecule has 0 aliphatic carbocycles. The molecule has 3 aromatic rings. The van der Waals surface area contributed by atoms with E-state index in [9.17, 15) is 0 Å². The Labute approximate surface area is 162 Å². The summed E-state index contributed by atoms with van der Waals surface area (Å²) in [6.07, 6.45) is -0.390. The molecule has 1 aromatic heterocycles. The fraction of sp³-hybridized carbons (Fsp3) is 0.250. The fourth-order valence-electron chi connectivity index (χ4n) is 2.89. The molecule has 27 heavy (non-hydrogen) atoms. The van der Waals surface area contributed by atoms with Crippen LogP contribution >= 0.6 is 11.8 Å². The second-order valence-electron chi connectivity index (χ2n) is 5.87. The first-order valence-electron chi connectivity index (χ1n) is 8.91. The molecule has 1 aliphatic rings. The van der Waals surface area contributed by atoms with E-state index in [1.54, 1.807) is 0 Å². The van der Waals surface area contributed by atoms with Crippen molar-refractivity contribution in [1.29, 1.82) is 0 Å². The molecule has 0 fully saturated rings. The van der Waals surface area contributed by atoms with Crippen LogP contribution in [0.2, 0.25) is 0 Å². The first kappa shape index (κ1) is 17.6. The smallest absolute Gasteiger partial charge is 0.247 e. The van der Waals surface area contributed by atoms with E-state index in [0.717, 1.165) is 28.3 Å². The van der Waals surface area contributed by atoms with Gasteiger partial charge in [-0.2, -0.15) is 4.98 Å². The van der Waals surface area contributed by atoms with E-state index in [-0.39, 0.29) is 6.23 Å². The third-order valence-electron chi connectivity index (χ3n) is 4.10. The van der Waals surface area contributed by atoms with Crippen LogP contribution in [0.1, 0.15) is 25.6 Å². The van der Waals surface area contributed by atoms with Gasteiger partial charge in [0.2, 0.25) is 11.0 Å². The number of nitrogens with zero attached hydrogens (tertiary/aromatic N) is 3. The number of rotatable bonds is 5. The van der Waals surface area contributed by atoms with Crippen LogP contribution < -0.4 is 14.8 Å². The molecular weight excluding hydrogens is 360 g/mol. The summed E-state index contributed by atoms with van der Waals surface area (Å²) in [5.41, 5.74) is 3.48. The van der Waals surface area contributed by atoms with E-state index in [1.165, 1.54) is 11.8 Å². The lowest BCUT2D eigenvalue weighted by molar-refractivity contribution is 0.225. The van der Waals surface area contributed by atoms with Gasteiger partial charge < -0.3 is 14.8 Å². The highest BCUT2D eigenvalue weighted by Crippen LogP contribution is 2.39. The van der Waals surface area contributed by atoms with Gasteiger partial charge in [0.1, 0.15) is 5.75 Å². The number of hydrogen-bond donors (Lipinski definition) is 1. The minimum atomic E-state index is -0.390. The summed E-state index contributed by atoms with van der Waals surface area (Å²) < 4.78 is 11.8. The Morgan fingerprint density at radius 2 is 1.89 bits per heavy atom. The van der Waals surface area contributed by atoms with Crippen molar-refractivity contribution in [1.82, 2.24) is 15.2 Å². The lowest BCUT2D eigenvalue weighted by Gasteiger charge is -2.19. The number of para-hydroxylation sites is 1. The third-order valence-corrected chi connectivity index (χ3v) is 4.82. The van der Waals surface area contributed by atoms with Gasteiger partial charge in [0.25, 0.3) is 0 Å². The lowest BCUT2D eigenvalue weighted by Crippen LogP contribution is -2.17. The average molecular weight is 380 g/mol. The first-order chi connectivity index (χ1) is 13.3. The van der Waals surface area contributed by atoms with E-state index >= 15 is 0 Å². The molecule has 0 radical (unpaired) electrons. The highest BCUT2D eigenvalue weighted by Gasteiger charge is 2.25. The quantitative estimate of drug-likeness (QED) is 0.651. The van der Waals surface area contributed by atoms with E-state index in [2.05, 4.69) is 27.4 Å². The Kier molecular flexibility index (Phi) is 5.11. The third kappa shape index (κ3) is 3.68. The molecule has 0 bridgehead atoms. The molecule has 2 aromatic carbocycles. The largest absolute Gasteiger partial charge is 0.494 e. The van der Waals surface area contributed by atoms with Crippen LogP contribution in [0.5, 0.6) is 11.6 Å². The Hall–Kier alpha value is -2.80. The number of hydrogen-bond acceptors (Lipinski definition) is 7. The number of fused-ring (bicyclic) bond motifs is 3. The van der Waals surface area contributed by atoms with E-state index in [1.807, 2.05) is 55.5 Å². The normalized spacial score (nSPS) is 15.0. The van der Waals surface area contributed by atoms with Gasteiger partial charge in [-0.25, -0.2) is 0 Å². The zero-order valence-corrected chi connectivity index (χ0v) is 16.0. The zero-order valence-electron chi connectivity index (χ0n) is 15.2. The molecule has 4 rings (SSSR count). The van der Waals surface area contributed by atoms with Crippen LogP contribution in [0.3, 0.4) is 0 Å². The van der Waals surface area contributed by atoms with Gasteiger partial charge in [-0.3, -0.25) is 0 Å². The van der Waals surface area contributed by atoms with Crippen LogP contribution in [0.15, 0.2) is 53.7 Å². The molecule has 0 spiro atoms. The summed E-state index contributed by atoms with van der Waals surface area (Å²) in [5, 5.41) is 12.7. The van der Waals surface area contributed by atoms with Crippen molar-refractivity contribution in [3.8, 4) is 22.9 Å². The molecule has 0 saturated carbocycles. The number of thioether (sulfide) groups is 1. The molecule has 0 saturated heterocycles. The van der Waals surface area contributed by atoms with Gasteiger partial charge in [0.05, 0.1) is 6.61 Å². The topological polar surface area (TPSA) is 69.2 Å².